The van der Waals surface area contributed by atoms with E-state index in [4.69, 9.17) is 16.7 Å². The third-order valence-electron chi connectivity index (χ3n) is 5.51. The second-order valence-corrected chi connectivity index (χ2v) is 7.71. The Morgan fingerprint density at radius 3 is 2.69 bits per heavy atom. The lowest BCUT2D eigenvalue weighted by molar-refractivity contribution is -0.130. The van der Waals surface area contributed by atoms with Crippen LogP contribution in [0.5, 0.6) is 0 Å². The van der Waals surface area contributed by atoms with Crippen LogP contribution in [-0.2, 0) is 32.0 Å². The van der Waals surface area contributed by atoms with E-state index >= 15 is 0 Å². The summed E-state index contributed by atoms with van der Waals surface area (Å²) in [6, 6.07) is 6.17. The predicted octanol–water partition coefficient (Wildman–Crippen LogP) is 2.85. The van der Waals surface area contributed by atoms with Gasteiger partial charge in [-0.15, -0.1) is 0 Å². The second-order valence-electron chi connectivity index (χ2n) is 7.38. The maximum absolute atomic E-state index is 11.9. The minimum Gasteiger partial charge on any atom is -0.335 e. The van der Waals surface area contributed by atoms with Gasteiger partial charge in [0.05, 0.1) is 29.6 Å². The highest BCUT2D eigenvalue weighted by Crippen LogP contribution is 2.34. The Morgan fingerprint density at radius 1 is 1.14 bits per heavy atom. The number of benzene rings is 1. The molecule has 148 valence electrons. The maximum Gasteiger partial charge on any atom is 0.219 e. The van der Waals surface area contributed by atoms with Gasteiger partial charge in [-0.2, -0.15) is 10.2 Å². The van der Waals surface area contributed by atoms with Gasteiger partial charge < -0.3 is 9.47 Å². The summed E-state index contributed by atoms with van der Waals surface area (Å²) in [7, 11) is 3.82. The Kier molecular flexibility index (Phi) is 3.99. The summed E-state index contributed by atoms with van der Waals surface area (Å²) in [6.45, 7) is 3.39. The van der Waals surface area contributed by atoms with E-state index in [1.165, 1.54) is 0 Å². The van der Waals surface area contributed by atoms with E-state index in [0.29, 0.717) is 24.9 Å². The first-order chi connectivity index (χ1) is 13.9. The number of rotatable bonds is 2. The number of carbonyl (C=O) groups is 1. The second kappa shape index (κ2) is 6.45. The molecule has 29 heavy (non-hydrogen) atoms. The van der Waals surface area contributed by atoms with Gasteiger partial charge in [-0.3, -0.25) is 14.2 Å². The Labute approximate surface area is 172 Å². The first-order valence-corrected chi connectivity index (χ1v) is 9.76. The SMILES string of the molecule is CC(=O)N1CCn2c(Cl)nc(-c3ccc4c(c3)c(-c3cnn(C)c3)nn4C)c2C1. The molecule has 0 fully saturated rings. The molecule has 0 saturated carbocycles. The van der Waals surface area contributed by atoms with Gasteiger partial charge in [-0.05, 0) is 23.7 Å². The van der Waals surface area contributed by atoms with Crippen molar-refractivity contribution < 1.29 is 4.79 Å². The van der Waals surface area contributed by atoms with Crippen molar-refractivity contribution in [2.24, 2.45) is 14.1 Å². The van der Waals surface area contributed by atoms with Gasteiger partial charge in [-0.25, -0.2) is 4.98 Å². The van der Waals surface area contributed by atoms with Crippen LogP contribution in [0.15, 0.2) is 30.6 Å². The van der Waals surface area contributed by atoms with Gasteiger partial charge >= 0.3 is 0 Å². The number of nitrogens with zero attached hydrogens (tertiary/aromatic N) is 7. The van der Waals surface area contributed by atoms with Crippen molar-refractivity contribution in [1.82, 2.24) is 34.0 Å². The molecule has 0 N–H and O–H groups in total. The van der Waals surface area contributed by atoms with Crippen molar-refractivity contribution in [3.63, 3.8) is 0 Å². The topological polar surface area (TPSA) is 73.8 Å². The van der Waals surface area contributed by atoms with Gasteiger partial charge in [0, 0.05) is 56.8 Å². The maximum atomic E-state index is 11.9. The van der Waals surface area contributed by atoms with Gasteiger partial charge in [0.1, 0.15) is 5.69 Å². The number of fused-ring (bicyclic) bond motifs is 2. The van der Waals surface area contributed by atoms with Crippen LogP contribution in [0, 0.1) is 0 Å². The molecule has 3 aromatic heterocycles. The Hall–Kier alpha value is -3.13. The van der Waals surface area contributed by atoms with Crippen molar-refractivity contribution in [3.05, 3.63) is 41.6 Å². The fourth-order valence-corrected chi connectivity index (χ4v) is 4.27. The van der Waals surface area contributed by atoms with Crippen molar-refractivity contribution in [3.8, 4) is 22.5 Å². The summed E-state index contributed by atoms with van der Waals surface area (Å²) in [5, 5.41) is 10.4. The highest BCUT2D eigenvalue weighted by Gasteiger charge is 2.26. The Balaban J connectivity index is 1.66. The number of aryl methyl sites for hydroxylation is 2. The molecular weight excluding hydrogens is 390 g/mol. The molecule has 4 heterocycles. The largest absolute Gasteiger partial charge is 0.335 e. The van der Waals surface area contributed by atoms with Gasteiger partial charge in [0.25, 0.3) is 0 Å². The molecule has 1 aliphatic rings. The Bertz CT molecular complexity index is 1270. The smallest absolute Gasteiger partial charge is 0.219 e. The summed E-state index contributed by atoms with van der Waals surface area (Å²) in [5.74, 6) is 0.0566. The third kappa shape index (κ3) is 2.82. The van der Waals surface area contributed by atoms with E-state index in [0.717, 1.165) is 39.1 Å². The lowest BCUT2D eigenvalue weighted by atomic mass is 10.0. The molecule has 0 bridgehead atoms. The molecule has 0 spiro atoms. The lowest BCUT2D eigenvalue weighted by Gasteiger charge is -2.28. The molecule has 9 heteroatoms. The first-order valence-electron chi connectivity index (χ1n) is 9.39. The molecule has 0 atom stereocenters. The van der Waals surface area contributed by atoms with Crippen LogP contribution in [0.3, 0.4) is 0 Å². The quantitative estimate of drug-likeness (QED) is 0.510. The normalized spacial score (nSPS) is 13.9. The molecule has 1 aromatic carbocycles. The summed E-state index contributed by atoms with van der Waals surface area (Å²) >= 11 is 6.41. The summed E-state index contributed by atoms with van der Waals surface area (Å²) in [6.07, 6.45) is 3.77. The van der Waals surface area contributed by atoms with E-state index in [2.05, 4.69) is 16.1 Å². The third-order valence-corrected chi connectivity index (χ3v) is 5.80. The van der Waals surface area contributed by atoms with Crippen molar-refractivity contribution in [2.75, 3.05) is 6.54 Å². The predicted molar refractivity (Wildman–Crippen MR) is 110 cm³/mol. The molecule has 4 aromatic rings. The van der Waals surface area contributed by atoms with E-state index < -0.39 is 0 Å². The Morgan fingerprint density at radius 2 is 1.97 bits per heavy atom. The lowest BCUT2D eigenvalue weighted by Crippen LogP contribution is -2.36. The van der Waals surface area contributed by atoms with E-state index in [1.807, 2.05) is 52.8 Å². The number of carbonyl (C=O) groups excluding carboxylic acids is 1. The van der Waals surface area contributed by atoms with E-state index in [9.17, 15) is 4.79 Å². The zero-order valence-corrected chi connectivity index (χ0v) is 17.2. The minimum atomic E-state index is 0.0566. The average molecular weight is 410 g/mol. The number of amides is 1. The number of halogens is 1. The summed E-state index contributed by atoms with van der Waals surface area (Å²) in [5.41, 5.74) is 5.59. The van der Waals surface area contributed by atoms with Crippen molar-refractivity contribution in [1.29, 1.82) is 0 Å². The highest BCUT2D eigenvalue weighted by molar-refractivity contribution is 6.28. The molecular formula is C20H20ClN7O. The number of aromatic nitrogens is 6. The van der Waals surface area contributed by atoms with Crippen LogP contribution in [0.2, 0.25) is 5.28 Å². The molecule has 8 nitrogen and oxygen atoms in total. The standard InChI is InChI=1S/C20H20ClN7O/c1-12(29)27-6-7-28-17(11-27)19(23-20(28)21)13-4-5-16-15(8-13)18(24-26(16)3)14-9-22-25(2)10-14/h4-5,8-10H,6-7,11H2,1-3H3. The van der Waals surface area contributed by atoms with Gasteiger partial charge in [0.15, 0.2) is 0 Å². The number of hydrogen-bond acceptors (Lipinski definition) is 4. The highest BCUT2D eigenvalue weighted by atomic mass is 35.5. The number of hydrogen-bond donors (Lipinski definition) is 0. The zero-order valence-electron chi connectivity index (χ0n) is 16.4. The van der Waals surface area contributed by atoms with Crippen LogP contribution < -0.4 is 0 Å². The molecule has 1 amide bonds. The molecule has 0 unspecified atom stereocenters. The van der Waals surface area contributed by atoms with Crippen molar-refractivity contribution in [2.45, 2.75) is 20.0 Å². The first kappa shape index (κ1) is 17.9. The van der Waals surface area contributed by atoms with Crippen LogP contribution >= 0.6 is 11.6 Å². The minimum absolute atomic E-state index is 0.0566. The average Bonchev–Trinajstić information content (AvgIpc) is 3.37. The van der Waals surface area contributed by atoms with Crippen LogP contribution in [0.1, 0.15) is 12.6 Å². The van der Waals surface area contributed by atoms with Crippen LogP contribution in [0.25, 0.3) is 33.4 Å². The molecule has 0 radical (unpaired) electrons. The monoisotopic (exact) mass is 409 g/mol. The fourth-order valence-electron chi connectivity index (χ4n) is 3.99. The van der Waals surface area contributed by atoms with Crippen LogP contribution in [-0.4, -0.2) is 46.5 Å². The van der Waals surface area contributed by atoms with Crippen molar-refractivity contribution >= 4 is 28.4 Å². The number of imidazole rings is 1. The van der Waals surface area contributed by atoms with Gasteiger partial charge in [0.2, 0.25) is 11.2 Å². The van der Waals surface area contributed by atoms with Gasteiger partial charge in [-0.1, -0.05) is 6.07 Å². The summed E-state index contributed by atoms with van der Waals surface area (Å²) in [4.78, 5) is 18.3. The molecule has 5 rings (SSSR count). The van der Waals surface area contributed by atoms with E-state index in [-0.39, 0.29) is 5.91 Å². The zero-order chi connectivity index (χ0) is 20.3. The summed E-state index contributed by atoms with van der Waals surface area (Å²) < 4.78 is 5.63. The fraction of sp³-hybridized carbons (Fsp3) is 0.300. The van der Waals surface area contributed by atoms with E-state index in [1.54, 1.807) is 11.6 Å². The van der Waals surface area contributed by atoms with Crippen LogP contribution in [0.4, 0.5) is 0 Å². The molecule has 1 aliphatic heterocycles. The molecule has 0 saturated heterocycles. The molecule has 0 aliphatic carbocycles.